The molecule has 284 valence electrons. The lowest BCUT2D eigenvalue weighted by atomic mass is 10.0. The van der Waals surface area contributed by atoms with Crippen LogP contribution in [0, 0.1) is 0 Å². The summed E-state index contributed by atoms with van der Waals surface area (Å²) < 4.78 is 20.4. The average Bonchev–Trinajstić information content (AvgIpc) is 3.32. The summed E-state index contributed by atoms with van der Waals surface area (Å²) in [7, 11) is 1.71. The summed E-state index contributed by atoms with van der Waals surface area (Å²) in [6, 6.07) is 13.2. The van der Waals surface area contributed by atoms with Gasteiger partial charge in [-0.3, -0.25) is 29.8 Å². The summed E-state index contributed by atoms with van der Waals surface area (Å²) >= 11 is 0. The number of fused-ring (bicyclic) bond motifs is 1. The van der Waals surface area contributed by atoms with Crippen molar-refractivity contribution in [3.63, 3.8) is 0 Å². The number of carbonyl (C=O) groups is 4. The quantitative estimate of drug-likeness (QED) is 0.123. The molecule has 0 radical (unpaired) electrons. The molecular formula is C39H56N5O8+. The minimum atomic E-state index is -0.685. The third-order valence-corrected chi connectivity index (χ3v) is 9.22. The first-order valence-corrected chi connectivity index (χ1v) is 18.4. The monoisotopic (exact) mass is 722 g/mol. The molecule has 13 nitrogen and oxygen atoms in total. The van der Waals surface area contributed by atoms with Gasteiger partial charge in [0.15, 0.2) is 0 Å². The Morgan fingerprint density at radius 3 is 2.31 bits per heavy atom. The van der Waals surface area contributed by atoms with Crippen molar-refractivity contribution in [2.24, 2.45) is 7.05 Å². The van der Waals surface area contributed by atoms with Crippen LogP contribution in [0.4, 0.5) is 4.79 Å². The molecule has 52 heavy (non-hydrogen) atoms. The Bertz CT molecular complexity index is 1740. The van der Waals surface area contributed by atoms with Gasteiger partial charge in [-0.25, -0.2) is 14.4 Å². The fourth-order valence-electron chi connectivity index (χ4n) is 6.33. The molecule has 1 aliphatic heterocycles. The van der Waals surface area contributed by atoms with Gasteiger partial charge in [-0.1, -0.05) is 36.8 Å². The zero-order valence-electron chi connectivity index (χ0n) is 31.3. The van der Waals surface area contributed by atoms with Crippen LogP contribution >= 0.6 is 0 Å². The normalized spacial score (nSPS) is 16.1. The fourth-order valence-corrected chi connectivity index (χ4v) is 6.33. The van der Waals surface area contributed by atoms with E-state index in [-0.39, 0.29) is 42.5 Å². The summed E-state index contributed by atoms with van der Waals surface area (Å²) in [5.74, 6) is -0.924. The number of ether oxygens (including phenoxy) is 3. The third kappa shape index (κ3) is 12.1. The molecule has 3 aromatic rings. The Balaban J connectivity index is 1.11. The molecule has 1 saturated heterocycles. The Morgan fingerprint density at radius 2 is 1.62 bits per heavy atom. The van der Waals surface area contributed by atoms with E-state index in [9.17, 15) is 24.0 Å². The van der Waals surface area contributed by atoms with Crippen LogP contribution in [-0.2, 0) is 55.1 Å². The predicted octanol–water partition coefficient (Wildman–Crippen LogP) is 4.03. The maximum Gasteiger partial charge on any atom is 0.407 e. The van der Waals surface area contributed by atoms with Gasteiger partial charge in [0.2, 0.25) is 11.8 Å². The summed E-state index contributed by atoms with van der Waals surface area (Å²) in [6.07, 6.45) is 6.10. The number of quaternary nitrogens is 1. The molecule has 4 rings (SSSR count). The first-order valence-electron chi connectivity index (χ1n) is 18.4. The maximum atomic E-state index is 13.0. The van der Waals surface area contributed by atoms with Crippen LogP contribution in [-0.4, -0.2) is 63.9 Å². The molecule has 1 aromatic heterocycles. The number of nitrogens with zero attached hydrogens (tertiary/aromatic N) is 2. The molecule has 5 N–H and O–H groups in total. The Hall–Kier alpha value is -4.33. The minimum Gasteiger partial charge on any atom is -0.444 e. The number of amides is 4. The van der Waals surface area contributed by atoms with E-state index >= 15 is 0 Å². The number of hydrogen-bond acceptors (Lipinski definition) is 8. The van der Waals surface area contributed by atoms with Gasteiger partial charge < -0.3 is 19.5 Å². The van der Waals surface area contributed by atoms with Gasteiger partial charge in [0, 0.05) is 26.7 Å². The van der Waals surface area contributed by atoms with E-state index in [0.29, 0.717) is 38.2 Å². The molecule has 2 unspecified atom stereocenters. The highest BCUT2D eigenvalue weighted by Gasteiger charge is 2.31. The van der Waals surface area contributed by atoms with E-state index in [1.165, 1.54) is 10.1 Å². The van der Waals surface area contributed by atoms with E-state index in [4.69, 9.17) is 14.2 Å². The SMILES string of the molecule is C[C@@H](OCc1ccc(CCCCCOCCCc2ccc3c(c2)n(C)c(=O)n3C2CCC(=O)NC2=O)cc1)C(CCC([NH3+])=O)NC(=O)OC(C)(C)C. The molecule has 0 spiro atoms. The molecule has 0 aliphatic carbocycles. The first kappa shape index (κ1) is 40.4. The number of rotatable bonds is 19. The molecule has 2 heterocycles. The highest BCUT2D eigenvalue weighted by Crippen LogP contribution is 2.24. The van der Waals surface area contributed by atoms with Crippen molar-refractivity contribution < 1.29 is 39.1 Å². The van der Waals surface area contributed by atoms with Crippen LogP contribution in [0.1, 0.15) is 102 Å². The van der Waals surface area contributed by atoms with Crippen LogP contribution in [0.2, 0.25) is 0 Å². The second-order valence-electron chi connectivity index (χ2n) is 14.7. The Labute approximate surface area is 305 Å². The number of benzene rings is 2. The number of imide groups is 1. The number of alkyl carbamates (subject to hydrolysis) is 1. The number of aryl methyl sites for hydroxylation is 3. The smallest absolute Gasteiger partial charge is 0.407 e. The summed E-state index contributed by atoms with van der Waals surface area (Å²) in [6.45, 7) is 9.03. The van der Waals surface area contributed by atoms with Gasteiger partial charge >= 0.3 is 17.7 Å². The molecule has 13 heteroatoms. The van der Waals surface area contributed by atoms with Crippen molar-refractivity contribution in [3.05, 3.63) is 69.6 Å². The Kier molecular flexibility index (Phi) is 14.7. The number of hydrogen-bond donors (Lipinski definition) is 3. The molecule has 1 aliphatic rings. The fraction of sp³-hybridized carbons (Fsp3) is 0.564. The number of nitrogens with one attached hydrogen (secondary N) is 2. The van der Waals surface area contributed by atoms with Crippen LogP contribution in [0.5, 0.6) is 0 Å². The van der Waals surface area contributed by atoms with E-state index in [1.54, 1.807) is 32.4 Å². The number of unbranched alkanes of at least 4 members (excludes halogenated alkanes) is 2. The maximum absolute atomic E-state index is 13.0. The molecule has 4 amide bonds. The lowest BCUT2D eigenvalue weighted by Crippen LogP contribution is -2.57. The predicted molar refractivity (Wildman–Crippen MR) is 196 cm³/mol. The molecule has 0 bridgehead atoms. The molecule has 1 fully saturated rings. The van der Waals surface area contributed by atoms with Gasteiger partial charge in [-0.2, -0.15) is 0 Å². The second-order valence-corrected chi connectivity index (χ2v) is 14.7. The van der Waals surface area contributed by atoms with Crippen molar-refractivity contribution in [1.29, 1.82) is 0 Å². The number of aromatic nitrogens is 2. The molecular weight excluding hydrogens is 666 g/mol. The van der Waals surface area contributed by atoms with Crippen LogP contribution < -0.4 is 22.1 Å². The van der Waals surface area contributed by atoms with Gasteiger partial charge in [-0.05, 0) is 101 Å². The topological polar surface area (TPSA) is 175 Å². The van der Waals surface area contributed by atoms with E-state index in [2.05, 4.69) is 40.6 Å². The van der Waals surface area contributed by atoms with Gasteiger partial charge in [-0.15, -0.1) is 0 Å². The van der Waals surface area contributed by atoms with Crippen molar-refractivity contribution in [2.75, 3.05) is 13.2 Å². The van der Waals surface area contributed by atoms with Crippen molar-refractivity contribution in [1.82, 2.24) is 19.8 Å². The number of carbonyl (C=O) groups excluding carboxylic acids is 4. The highest BCUT2D eigenvalue weighted by atomic mass is 16.6. The summed E-state index contributed by atoms with van der Waals surface area (Å²) in [5, 5.41) is 5.19. The number of imidazole rings is 1. The van der Waals surface area contributed by atoms with E-state index in [1.807, 2.05) is 25.1 Å². The molecule has 0 saturated carbocycles. The van der Waals surface area contributed by atoms with E-state index < -0.39 is 23.6 Å². The highest BCUT2D eigenvalue weighted by molar-refractivity contribution is 6.00. The minimum absolute atomic E-state index is 0.188. The largest absolute Gasteiger partial charge is 0.444 e. The zero-order valence-corrected chi connectivity index (χ0v) is 31.3. The number of piperidine rings is 1. The standard InChI is InChI=1S/C39H55N5O8/c1-26(30(17-20-34(40)45)41-37(48)52-39(2,3)4)51-25-29-14-12-27(13-15-29)10-7-6-8-22-50-23-9-11-28-16-18-31-33(24-28)43(5)38(49)44(31)32-19-21-35(46)42-36(32)47/h12-16,18,24,26,30,32H,6-11,17,19-23,25H2,1-5H3,(H2,40,45)(H,41,48)(H,42,46,47)/p+1/t26-,30?,32?/m1/s1. The van der Waals surface area contributed by atoms with Gasteiger partial charge in [0.1, 0.15) is 11.6 Å². The first-order chi connectivity index (χ1) is 24.7. The van der Waals surface area contributed by atoms with Crippen LogP contribution in [0.25, 0.3) is 11.0 Å². The van der Waals surface area contributed by atoms with Crippen LogP contribution in [0.15, 0.2) is 47.3 Å². The van der Waals surface area contributed by atoms with Crippen LogP contribution in [0.3, 0.4) is 0 Å². The third-order valence-electron chi connectivity index (χ3n) is 9.22. The zero-order chi connectivity index (χ0) is 37.8. The molecule has 2 aromatic carbocycles. The summed E-state index contributed by atoms with van der Waals surface area (Å²) in [5.41, 5.74) is 7.40. The second kappa shape index (κ2) is 19.0. The van der Waals surface area contributed by atoms with Crippen molar-refractivity contribution >= 4 is 34.8 Å². The summed E-state index contributed by atoms with van der Waals surface area (Å²) in [4.78, 5) is 60.8. The Morgan fingerprint density at radius 1 is 0.942 bits per heavy atom. The van der Waals surface area contributed by atoms with Gasteiger partial charge in [0.05, 0.1) is 36.2 Å². The van der Waals surface area contributed by atoms with E-state index in [0.717, 1.165) is 55.2 Å². The lowest BCUT2D eigenvalue weighted by molar-refractivity contribution is -0.306. The van der Waals surface area contributed by atoms with Gasteiger partial charge in [0.25, 0.3) is 0 Å². The van der Waals surface area contributed by atoms with Crippen molar-refractivity contribution in [3.8, 4) is 0 Å². The lowest BCUT2D eigenvalue weighted by Gasteiger charge is -2.27. The average molecular weight is 723 g/mol. The van der Waals surface area contributed by atoms with Crippen molar-refractivity contribution in [2.45, 2.75) is 122 Å². The molecule has 3 atom stereocenters.